The van der Waals surface area contributed by atoms with Crippen molar-refractivity contribution in [3.63, 3.8) is 0 Å². The van der Waals surface area contributed by atoms with E-state index in [1.807, 2.05) is 12.1 Å². The third kappa shape index (κ3) is 3.24. The second kappa shape index (κ2) is 6.27. The van der Waals surface area contributed by atoms with Crippen LogP contribution in [0.25, 0.3) is 17.0 Å². The number of fused-ring (bicyclic) bond motifs is 1. The third-order valence-corrected chi connectivity index (χ3v) is 4.54. The van der Waals surface area contributed by atoms with Crippen molar-refractivity contribution in [3.8, 4) is 0 Å². The smallest absolute Gasteiger partial charge is 0.290 e. The van der Waals surface area contributed by atoms with Crippen molar-refractivity contribution in [2.45, 2.75) is 0 Å². The van der Waals surface area contributed by atoms with E-state index in [9.17, 15) is 9.59 Å². The number of pyridine rings is 1. The molecular formula is C17H10ClN3O3S. The number of hydrogen-bond acceptors (Lipinski definition) is 6. The molecule has 1 aromatic carbocycles. The highest BCUT2D eigenvalue weighted by molar-refractivity contribution is 8.18. The number of furan rings is 1. The van der Waals surface area contributed by atoms with Gasteiger partial charge in [0.2, 0.25) is 0 Å². The number of thioether (sulfide) groups is 1. The molecule has 3 heterocycles. The lowest BCUT2D eigenvalue weighted by Gasteiger charge is -2.06. The molecule has 0 bridgehead atoms. The molecular weight excluding hydrogens is 362 g/mol. The highest BCUT2D eigenvalue weighted by atomic mass is 35.5. The summed E-state index contributed by atoms with van der Waals surface area (Å²) < 4.78 is 5.83. The molecule has 0 unspecified atom stereocenters. The zero-order valence-corrected chi connectivity index (χ0v) is 14.1. The zero-order valence-electron chi connectivity index (χ0n) is 12.6. The summed E-state index contributed by atoms with van der Waals surface area (Å²) in [5.41, 5.74) is 2.13. The number of aromatic nitrogens is 1. The Bertz CT molecular complexity index is 1030. The summed E-state index contributed by atoms with van der Waals surface area (Å²) in [6.45, 7) is 0. The third-order valence-electron chi connectivity index (χ3n) is 3.48. The van der Waals surface area contributed by atoms with Gasteiger partial charge in [-0.25, -0.2) is 0 Å². The van der Waals surface area contributed by atoms with Crippen molar-refractivity contribution < 1.29 is 14.0 Å². The zero-order chi connectivity index (χ0) is 17.4. The molecule has 1 fully saturated rings. The van der Waals surface area contributed by atoms with Crippen LogP contribution in [-0.2, 0) is 4.79 Å². The fraction of sp³-hybridized carbons (Fsp3) is 0. The number of nitrogens with zero attached hydrogens (tertiary/aromatic N) is 1. The maximum atomic E-state index is 11.6. The van der Waals surface area contributed by atoms with Crippen LogP contribution in [0.15, 0.2) is 52.0 Å². The van der Waals surface area contributed by atoms with E-state index in [4.69, 9.17) is 16.0 Å². The Morgan fingerprint density at radius 1 is 1.20 bits per heavy atom. The van der Waals surface area contributed by atoms with Crippen molar-refractivity contribution in [2.75, 3.05) is 5.32 Å². The Morgan fingerprint density at radius 3 is 2.72 bits per heavy atom. The topological polar surface area (TPSA) is 84.2 Å². The summed E-state index contributed by atoms with van der Waals surface area (Å²) in [4.78, 5) is 27.4. The van der Waals surface area contributed by atoms with Crippen LogP contribution < -0.4 is 10.6 Å². The minimum absolute atomic E-state index is 0.296. The molecule has 8 heteroatoms. The number of imide groups is 1. The van der Waals surface area contributed by atoms with Gasteiger partial charge in [-0.1, -0.05) is 11.6 Å². The molecule has 0 saturated carbocycles. The van der Waals surface area contributed by atoms with E-state index in [0.717, 1.165) is 22.8 Å². The van der Waals surface area contributed by atoms with E-state index in [1.54, 1.807) is 30.6 Å². The lowest BCUT2D eigenvalue weighted by Crippen LogP contribution is -2.17. The number of amides is 2. The van der Waals surface area contributed by atoms with Crippen LogP contribution in [0.2, 0.25) is 5.02 Å². The average Bonchev–Trinajstić information content (AvgIpc) is 3.13. The van der Waals surface area contributed by atoms with Crippen molar-refractivity contribution in [1.82, 2.24) is 10.3 Å². The van der Waals surface area contributed by atoms with Crippen LogP contribution >= 0.6 is 23.4 Å². The second-order valence-corrected chi connectivity index (χ2v) is 6.69. The number of halogens is 1. The predicted octanol–water partition coefficient (Wildman–Crippen LogP) is 4.55. The van der Waals surface area contributed by atoms with Crippen molar-refractivity contribution >= 4 is 62.9 Å². The molecule has 2 N–H and O–H groups in total. The molecule has 1 aliphatic rings. The highest BCUT2D eigenvalue weighted by Crippen LogP contribution is 2.31. The van der Waals surface area contributed by atoms with Crippen LogP contribution in [0.3, 0.4) is 0 Å². The summed E-state index contributed by atoms with van der Waals surface area (Å²) in [6, 6.07) is 9.01. The molecule has 2 amide bonds. The molecule has 25 heavy (non-hydrogen) atoms. The molecule has 0 aliphatic carbocycles. The Morgan fingerprint density at radius 2 is 2.00 bits per heavy atom. The normalized spacial score (nSPS) is 15.8. The monoisotopic (exact) mass is 371 g/mol. The van der Waals surface area contributed by atoms with Gasteiger partial charge in [0.1, 0.15) is 11.4 Å². The summed E-state index contributed by atoms with van der Waals surface area (Å²) in [5, 5.41) is 6.47. The van der Waals surface area contributed by atoms with Gasteiger partial charge in [-0.15, -0.1) is 0 Å². The number of anilines is 2. The molecule has 0 atom stereocenters. The number of rotatable bonds is 3. The minimum Gasteiger partial charge on any atom is -0.454 e. The largest absolute Gasteiger partial charge is 0.454 e. The van der Waals surface area contributed by atoms with Crippen LogP contribution in [0, 0.1) is 0 Å². The number of carbonyl (C=O) groups excluding carboxylic acids is 2. The number of hydrogen-bond donors (Lipinski definition) is 2. The van der Waals surface area contributed by atoms with Crippen molar-refractivity contribution in [1.29, 1.82) is 0 Å². The van der Waals surface area contributed by atoms with Gasteiger partial charge in [0.15, 0.2) is 5.58 Å². The lowest BCUT2D eigenvalue weighted by molar-refractivity contribution is -0.115. The Kier molecular flexibility index (Phi) is 3.95. The van der Waals surface area contributed by atoms with E-state index in [1.165, 1.54) is 6.08 Å². The molecule has 1 aliphatic heterocycles. The van der Waals surface area contributed by atoms with Crippen LogP contribution in [0.1, 0.15) is 5.76 Å². The Hall–Kier alpha value is -2.77. The SMILES string of the molecule is O=C1NC(=O)/C(=C/c2cc3cncc(Nc4ccc(Cl)cc4)c3o2)S1. The first kappa shape index (κ1) is 15.7. The van der Waals surface area contributed by atoms with E-state index in [-0.39, 0.29) is 5.24 Å². The Labute approximate surface area is 151 Å². The standard InChI is InChI=1S/C17H10ClN3O3S/c18-10-1-3-11(4-2-10)20-13-8-19-7-9-5-12(24-15(9)13)6-14-16(22)21-17(23)25-14/h1-8,20H,(H,21,22,23)/b14-6-. The summed E-state index contributed by atoms with van der Waals surface area (Å²) in [7, 11) is 0. The van der Waals surface area contributed by atoms with Crippen molar-refractivity contribution in [3.05, 3.63) is 58.4 Å². The fourth-order valence-electron chi connectivity index (χ4n) is 2.38. The lowest BCUT2D eigenvalue weighted by atomic mass is 10.2. The van der Waals surface area contributed by atoms with Crippen LogP contribution in [0.5, 0.6) is 0 Å². The second-order valence-electron chi connectivity index (χ2n) is 5.24. The van der Waals surface area contributed by atoms with Gasteiger partial charge in [0.25, 0.3) is 11.1 Å². The van der Waals surface area contributed by atoms with E-state index >= 15 is 0 Å². The molecule has 0 radical (unpaired) electrons. The predicted molar refractivity (Wildman–Crippen MR) is 97.9 cm³/mol. The summed E-state index contributed by atoms with van der Waals surface area (Å²) >= 11 is 6.74. The van der Waals surface area contributed by atoms with Gasteiger partial charge in [-0.05, 0) is 42.1 Å². The first-order chi connectivity index (χ1) is 12.1. The molecule has 2 aromatic heterocycles. The number of nitrogens with one attached hydrogen (secondary N) is 2. The quantitative estimate of drug-likeness (QED) is 0.657. The molecule has 1 saturated heterocycles. The van der Waals surface area contributed by atoms with E-state index < -0.39 is 5.91 Å². The molecule has 3 aromatic rings. The summed E-state index contributed by atoms with van der Waals surface area (Å²) in [5.74, 6) is 0.0441. The average molecular weight is 372 g/mol. The molecule has 0 spiro atoms. The van der Waals surface area contributed by atoms with Gasteiger partial charge in [-0.3, -0.25) is 19.9 Å². The van der Waals surface area contributed by atoms with Gasteiger partial charge < -0.3 is 9.73 Å². The number of carbonyl (C=O) groups is 2. The van der Waals surface area contributed by atoms with Crippen LogP contribution in [0.4, 0.5) is 16.2 Å². The van der Waals surface area contributed by atoms with Crippen LogP contribution in [-0.4, -0.2) is 16.1 Å². The Balaban J connectivity index is 1.69. The maximum absolute atomic E-state index is 11.6. The highest BCUT2D eigenvalue weighted by Gasteiger charge is 2.25. The minimum atomic E-state index is -0.423. The first-order valence-electron chi connectivity index (χ1n) is 7.23. The molecule has 6 nitrogen and oxygen atoms in total. The maximum Gasteiger partial charge on any atom is 0.290 e. The van der Waals surface area contributed by atoms with Gasteiger partial charge in [0.05, 0.1) is 11.1 Å². The van der Waals surface area contributed by atoms with E-state index in [2.05, 4.69) is 15.6 Å². The van der Waals surface area contributed by atoms with Gasteiger partial charge in [0, 0.05) is 28.4 Å². The summed E-state index contributed by atoms with van der Waals surface area (Å²) in [6.07, 6.45) is 4.86. The first-order valence-corrected chi connectivity index (χ1v) is 8.43. The number of benzene rings is 1. The van der Waals surface area contributed by atoms with Gasteiger partial charge >= 0.3 is 0 Å². The van der Waals surface area contributed by atoms with Gasteiger partial charge in [-0.2, -0.15) is 0 Å². The molecule has 4 rings (SSSR count). The van der Waals surface area contributed by atoms with E-state index in [0.29, 0.717) is 27.0 Å². The molecule has 124 valence electrons. The van der Waals surface area contributed by atoms with Crippen molar-refractivity contribution in [2.24, 2.45) is 0 Å². The fourth-order valence-corrected chi connectivity index (χ4v) is 3.17.